The number of hydrogen-bond donors (Lipinski definition) is 2. The summed E-state index contributed by atoms with van der Waals surface area (Å²) in [6.45, 7) is 2.16. The molecule has 2 N–H and O–H groups in total. The largest absolute Gasteiger partial charge is 0.372 e. The van der Waals surface area contributed by atoms with Gasteiger partial charge in [-0.15, -0.1) is 0 Å². The second kappa shape index (κ2) is 8.38. The number of nitrogens with one attached hydrogen (secondary N) is 2. The zero-order valence-corrected chi connectivity index (χ0v) is 15.6. The number of piperidine rings is 1. The molecular weight excluding hydrogens is 379 g/mol. The first-order valence-electron chi connectivity index (χ1n) is 9.46. The average molecular weight is 399 g/mol. The molecule has 8 heteroatoms. The van der Waals surface area contributed by atoms with Crippen LogP contribution in [0, 0.1) is 17.5 Å². The standard InChI is InChI=1S/C21H20F3N5/c22-16-8-9-17(20(24)19(16)23)27-21-25-11-10-18(28-21)26-14-4-6-15(7-5-14)29-12-2-1-3-13-29/h4-11H,1-3,12-13H2,(H2,25,26,27,28). The number of benzene rings is 2. The van der Waals surface area contributed by atoms with Crippen molar-refractivity contribution in [3.63, 3.8) is 0 Å². The van der Waals surface area contributed by atoms with Crippen LogP contribution in [0.2, 0.25) is 0 Å². The smallest absolute Gasteiger partial charge is 0.229 e. The zero-order chi connectivity index (χ0) is 20.2. The number of rotatable bonds is 5. The summed E-state index contributed by atoms with van der Waals surface area (Å²) < 4.78 is 40.3. The van der Waals surface area contributed by atoms with Crippen molar-refractivity contribution in [1.82, 2.24) is 9.97 Å². The summed E-state index contributed by atoms with van der Waals surface area (Å²) in [5, 5.41) is 5.73. The molecule has 1 saturated heterocycles. The second-order valence-electron chi connectivity index (χ2n) is 6.83. The van der Waals surface area contributed by atoms with Crippen LogP contribution < -0.4 is 15.5 Å². The van der Waals surface area contributed by atoms with E-state index in [-0.39, 0.29) is 11.6 Å². The molecular formula is C21H20F3N5. The van der Waals surface area contributed by atoms with E-state index in [9.17, 15) is 13.2 Å². The fourth-order valence-electron chi connectivity index (χ4n) is 3.29. The van der Waals surface area contributed by atoms with Crippen LogP contribution in [0.1, 0.15) is 19.3 Å². The van der Waals surface area contributed by atoms with E-state index in [0.717, 1.165) is 30.9 Å². The molecule has 0 aliphatic carbocycles. The number of hydrogen-bond acceptors (Lipinski definition) is 5. The fraction of sp³-hybridized carbons (Fsp3) is 0.238. The molecule has 4 rings (SSSR count). The van der Waals surface area contributed by atoms with Gasteiger partial charge in [0, 0.05) is 30.7 Å². The van der Waals surface area contributed by atoms with Gasteiger partial charge in [0.15, 0.2) is 17.5 Å². The highest BCUT2D eigenvalue weighted by Crippen LogP contribution is 2.25. The monoisotopic (exact) mass is 399 g/mol. The molecule has 0 radical (unpaired) electrons. The van der Waals surface area contributed by atoms with E-state index in [0.29, 0.717) is 5.82 Å². The van der Waals surface area contributed by atoms with Crippen molar-refractivity contribution in [1.29, 1.82) is 0 Å². The van der Waals surface area contributed by atoms with Crippen LogP contribution in [0.25, 0.3) is 0 Å². The predicted molar refractivity (Wildman–Crippen MR) is 107 cm³/mol. The van der Waals surface area contributed by atoms with E-state index in [1.807, 2.05) is 12.1 Å². The molecule has 1 aliphatic heterocycles. The van der Waals surface area contributed by atoms with Gasteiger partial charge in [0.05, 0.1) is 5.69 Å². The fourth-order valence-corrected chi connectivity index (χ4v) is 3.29. The molecule has 29 heavy (non-hydrogen) atoms. The first-order valence-corrected chi connectivity index (χ1v) is 9.46. The third kappa shape index (κ3) is 4.42. The number of halogens is 3. The Hall–Kier alpha value is -3.29. The lowest BCUT2D eigenvalue weighted by Gasteiger charge is -2.28. The van der Waals surface area contributed by atoms with Crippen molar-refractivity contribution >= 4 is 28.8 Å². The van der Waals surface area contributed by atoms with Gasteiger partial charge in [-0.05, 0) is 61.7 Å². The number of aromatic nitrogens is 2. The van der Waals surface area contributed by atoms with E-state index in [4.69, 9.17) is 0 Å². The molecule has 1 aromatic heterocycles. The summed E-state index contributed by atoms with van der Waals surface area (Å²) in [6.07, 6.45) is 5.21. The van der Waals surface area contributed by atoms with Crippen LogP contribution in [0.3, 0.4) is 0 Å². The Kier molecular flexibility index (Phi) is 5.50. The molecule has 0 atom stereocenters. The summed E-state index contributed by atoms with van der Waals surface area (Å²) >= 11 is 0. The van der Waals surface area contributed by atoms with E-state index in [1.54, 1.807) is 6.07 Å². The summed E-state index contributed by atoms with van der Waals surface area (Å²) in [6, 6.07) is 11.6. The van der Waals surface area contributed by atoms with Crippen LogP contribution in [0.4, 0.5) is 42.0 Å². The lowest BCUT2D eigenvalue weighted by molar-refractivity contribution is 0.449. The molecule has 150 valence electrons. The van der Waals surface area contributed by atoms with E-state index < -0.39 is 17.5 Å². The minimum Gasteiger partial charge on any atom is -0.372 e. The van der Waals surface area contributed by atoms with Crippen LogP contribution in [0.15, 0.2) is 48.7 Å². The maximum atomic E-state index is 13.8. The third-order valence-electron chi connectivity index (χ3n) is 4.80. The Labute approximate surface area is 166 Å². The maximum Gasteiger partial charge on any atom is 0.229 e. The predicted octanol–water partition coefficient (Wildman–Crippen LogP) is 5.37. The molecule has 0 saturated carbocycles. The van der Waals surface area contributed by atoms with E-state index >= 15 is 0 Å². The van der Waals surface area contributed by atoms with Crippen LogP contribution >= 0.6 is 0 Å². The number of anilines is 5. The van der Waals surface area contributed by atoms with Gasteiger partial charge >= 0.3 is 0 Å². The van der Waals surface area contributed by atoms with Gasteiger partial charge in [0.2, 0.25) is 5.95 Å². The van der Waals surface area contributed by atoms with Crippen molar-refractivity contribution in [3.8, 4) is 0 Å². The topological polar surface area (TPSA) is 53.1 Å². The normalized spacial score (nSPS) is 14.0. The van der Waals surface area contributed by atoms with Crippen molar-refractivity contribution in [2.24, 2.45) is 0 Å². The lowest BCUT2D eigenvalue weighted by atomic mass is 10.1. The molecule has 0 unspecified atom stereocenters. The molecule has 1 aliphatic rings. The highest BCUT2D eigenvalue weighted by molar-refractivity contribution is 5.62. The van der Waals surface area contributed by atoms with Gasteiger partial charge in [-0.2, -0.15) is 4.98 Å². The second-order valence-corrected chi connectivity index (χ2v) is 6.83. The highest BCUT2D eigenvalue weighted by atomic mass is 19.2. The molecule has 0 spiro atoms. The molecule has 1 fully saturated rings. The Morgan fingerprint density at radius 3 is 2.31 bits per heavy atom. The average Bonchev–Trinajstić information content (AvgIpc) is 2.76. The van der Waals surface area contributed by atoms with E-state index in [1.165, 1.54) is 31.1 Å². The minimum absolute atomic E-state index is 0.0600. The van der Waals surface area contributed by atoms with Crippen molar-refractivity contribution in [3.05, 3.63) is 66.1 Å². The van der Waals surface area contributed by atoms with Gasteiger partial charge in [-0.1, -0.05) is 0 Å². The molecule has 2 aromatic carbocycles. The van der Waals surface area contributed by atoms with Crippen LogP contribution in [-0.2, 0) is 0 Å². The summed E-state index contributed by atoms with van der Waals surface area (Å²) in [4.78, 5) is 10.6. The molecule has 2 heterocycles. The SMILES string of the molecule is Fc1ccc(Nc2nccc(Nc3ccc(N4CCCCC4)cc3)n2)c(F)c1F. The number of nitrogens with zero attached hydrogens (tertiary/aromatic N) is 3. The minimum atomic E-state index is -1.54. The maximum absolute atomic E-state index is 13.8. The van der Waals surface area contributed by atoms with Crippen molar-refractivity contribution in [2.45, 2.75) is 19.3 Å². The van der Waals surface area contributed by atoms with Gasteiger partial charge in [0.1, 0.15) is 5.82 Å². The first-order chi connectivity index (χ1) is 14.1. The summed E-state index contributed by atoms with van der Waals surface area (Å²) in [5.41, 5.74) is 1.79. The Bertz CT molecular complexity index is 988. The van der Waals surface area contributed by atoms with Gasteiger partial charge < -0.3 is 15.5 Å². The Morgan fingerprint density at radius 1 is 0.793 bits per heavy atom. The van der Waals surface area contributed by atoms with Crippen molar-refractivity contribution < 1.29 is 13.2 Å². The third-order valence-corrected chi connectivity index (χ3v) is 4.80. The van der Waals surface area contributed by atoms with Crippen LogP contribution in [0.5, 0.6) is 0 Å². The summed E-state index contributed by atoms with van der Waals surface area (Å²) in [7, 11) is 0. The Morgan fingerprint density at radius 2 is 1.55 bits per heavy atom. The molecule has 0 bridgehead atoms. The molecule has 0 amide bonds. The Balaban J connectivity index is 1.46. The quantitative estimate of drug-likeness (QED) is 0.565. The molecule has 3 aromatic rings. The van der Waals surface area contributed by atoms with E-state index in [2.05, 4.69) is 37.6 Å². The van der Waals surface area contributed by atoms with Gasteiger partial charge in [-0.25, -0.2) is 18.2 Å². The summed E-state index contributed by atoms with van der Waals surface area (Å²) in [5.74, 6) is -3.57. The van der Waals surface area contributed by atoms with Crippen molar-refractivity contribution in [2.75, 3.05) is 28.6 Å². The first kappa shape index (κ1) is 19.0. The van der Waals surface area contributed by atoms with Crippen LogP contribution in [-0.4, -0.2) is 23.1 Å². The van der Waals surface area contributed by atoms with Gasteiger partial charge in [0.25, 0.3) is 0 Å². The highest BCUT2D eigenvalue weighted by Gasteiger charge is 2.14. The molecule has 5 nitrogen and oxygen atoms in total. The zero-order valence-electron chi connectivity index (χ0n) is 15.6. The lowest BCUT2D eigenvalue weighted by Crippen LogP contribution is -2.29. The van der Waals surface area contributed by atoms with Gasteiger partial charge in [-0.3, -0.25) is 0 Å².